The average Bonchev–Trinajstić information content (AvgIpc) is 3.26. The number of methoxy groups -OCH3 is 1. The summed E-state index contributed by atoms with van der Waals surface area (Å²) >= 11 is 0. The number of hydrogen-bond acceptors (Lipinski definition) is 5. The molecule has 24 heavy (non-hydrogen) atoms. The molecule has 8 nitrogen and oxygen atoms in total. The van der Waals surface area contributed by atoms with Gasteiger partial charge in [0.05, 0.1) is 30.2 Å². The summed E-state index contributed by atoms with van der Waals surface area (Å²) in [5.74, 6) is 6.23. The first-order chi connectivity index (χ1) is 11.7. The molecule has 4 rings (SSSR count). The standard InChI is InChI=1S/C16H13N6O2/c1-24-10-4-2-9(3-5-10)22(17)16(23)15-11-6-7-13-12(8-18-19-13)14(11)20-21-15/h2-8H,17H2,1H3,(H,20,21). The van der Waals surface area contributed by atoms with E-state index in [1.165, 1.54) is 0 Å². The molecular formula is C16H13N6O2. The average molecular weight is 321 g/mol. The second-order valence-corrected chi connectivity index (χ2v) is 5.21. The number of aromatic nitrogens is 2. The van der Waals surface area contributed by atoms with Crippen molar-refractivity contribution in [1.82, 2.24) is 15.6 Å². The molecule has 2 aromatic carbocycles. The lowest BCUT2D eigenvalue weighted by molar-refractivity contribution is 0.0983. The van der Waals surface area contributed by atoms with Crippen LogP contribution in [0.5, 0.6) is 5.75 Å². The number of rotatable bonds is 3. The van der Waals surface area contributed by atoms with Gasteiger partial charge in [-0.15, -0.1) is 0 Å². The Balaban J connectivity index is 1.71. The van der Waals surface area contributed by atoms with Gasteiger partial charge in [0.25, 0.3) is 5.91 Å². The van der Waals surface area contributed by atoms with E-state index in [2.05, 4.69) is 20.7 Å². The molecule has 3 aromatic rings. The normalized spacial score (nSPS) is 12.1. The number of carbonyl (C=O) groups is 1. The fraction of sp³-hybridized carbons (Fsp3) is 0.0625. The maximum atomic E-state index is 12.7. The molecule has 1 aromatic heterocycles. The first kappa shape index (κ1) is 14.2. The fourth-order valence-electron chi connectivity index (χ4n) is 2.60. The lowest BCUT2D eigenvalue weighted by atomic mass is 10.1. The molecule has 1 aliphatic rings. The Bertz CT molecular complexity index is 961. The number of nitrogens with one attached hydrogen (secondary N) is 1. The smallest absolute Gasteiger partial charge is 0.293 e. The van der Waals surface area contributed by atoms with Crippen LogP contribution in [-0.4, -0.2) is 29.4 Å². The van der Waals surface area contributed by atoms with Gasteiger partial charge >= 0.3 is 0 Å². The van der Waals surface area contributed by atoms with Crippen molar-refractivity contribution in [3.05, 3.63) is 47.7 Å². The first-order valence-corrected chi connectivity index (χ1v) is 7.17. The zero-order valence-electron chi connectivity index (χ0n) is 12.7. The van der Waals surface area contributed by atoms with Crippen LogP contribution < -0.4 is 21.0 Å². The van der Waals surface area contributed by atoms with Crippen LogP contribution in [0.2, 0.25) is 0 Å². The quantitative estimate of drug-likeness (QED) is 0.434. The summed E-state index contributed by atoms with van der Waals surface area (Å²) in [4.78, 5) is 12.7. The van der Waals surface area contributed by atoms with Crippen molar-refractivity contribution in [3.63, 3.8) is 0 Å². The number of amides is 1. The monoisotopic (exact) mass is 321 g/mol. The molecule has 0 saturated heterocycles. The van der Waals surface area contributed by atoms with E-state index in [0.717, 1.165) is 16.3 Å². The molecule has 1 amide bonds. The predicted molar refractivity (Wildman–Crippen MR) is 89.5 cm³/mol. The molecule has 0 bridgehead atoms. The summed E-state index contributed by atoms with van der Waals surface area (Å²) in [7, 11) is 1.57. The van der Waals surface area contributed by atoms with Gasteiger partial charge in [0, 0.05) is 10.9 Å². The van der Waals surface area contributed by atoms with Crippen molar-refractivity contribution in [1.29, 1.82) is 0 Å². The Hall–Kier alpha value is -3.39. The van der Waals surface area contributed by atoms with E-state index in [-0.39, 0.29) is 5.69 Å². The third-order valence-corrected chi connectivity index (χ3v) is 3.88. The molecule has 0 unspecified atom stereocenters. The largest absolute Gasteiger partial charge is 0.497 e. The summed E-state index contributed by atoms with van der Waals surface area (Å²) in [5.41, 5.74) is 7.04. The number of hydrazine groups is 1. The van der Waals surface area contributed by atoms with Gasteiger partial charge in [0.1, 0.15) is 5.75 Å². The Morgan fingerprint density at radius 3 is 2.75 bits per heavy atom. The zero-order chi connectivity index (χ0) is 16.7. The number of hydrogen-bond donors (Lipinski definition) is 2. The lowest BCUT2D eigenvalue weighted by Gasteiger charge is -2.15. The van der Waals surface area contributed by atoms with Gasteiger partial charge < -0.3 is 4.74 Å². The van der Waals surface area contributed by atoms with E-state index in [1.807, 2.05) is 0 Å². The van der Waals surface area contributed by atoms with E-state index in [9.17, 15) is 4.79 Å². The number of ether oxygens (including phenoxy) is 1. The zero-order valence-corrected chi connectivity index (χ0v) is 12.7. The molecule has 1 radical (unpaired) electrons. The lowest BCUT2D eigenvalue weighted by Crippen LogP contribution is -2.37. The minimum atomic E-state index is -0.418. The van der Waals surface area contributed by atoms with Crippen molar-refractivity contribution < 1.29 is 9.53 Å². The summed E-state index contributed by atoms with van der Waals surface area (Å²) in [5, 5.41) is 12.6. The SMILES string of the molecule is COc1ccc(N(N)C(=O)c2n[nH]c3c4c(ccc23)[N]N=C4)cc1. The van der Waals surface area contributed by atoms with Crippen LogP contribution >= 0.6 is 0 Å². The Morgan fingerprint density at radius 1 is 1.21 bits per heavy atom. The van der Waals surface area contributed by atoms with Crippen LogP contribution in [0.3, 0.4) is 0 Å². The third-order valence-electron chi connectivity index (χ3n) is 3.88. The second kappa shape index (κ2) is 5.36. The molecule has 0 spiro atoms. The first-order valence-electron chi connectivity index (χ1n) is 7.17. The van der Waals surface area contributed by atoms with Crippen molar-refractivity contribution in [2.24, 2.45) is 10.9 Å². The predicted octanol–water partition coefficient (Wildman–Crippen LogP) is 1.68. The molecular weight excluding hydrogens is 308 g/mol. The second-order valence-electron chi connectivity index (χ2n) is 5.21. The van der Waals surface area contributed by atoms with Gasteiger partial charge in [-0.2, -0.15) is 15.6 Å². The number of nitrogens with zero attached hydrogens (tertiary/aromatic N) is 4. The van der Waals surface area contributed by atoms with E-state index < -0.39 is 5.91 Å². The van der Waals surface area contributed by atoms with Gasteiger partial charge in [-0.3, -0.25) is 9.89 Å². The highest BCUT2D eigenvalue weighted by Gasteiger charge is 2.23. The van der Waals surface area contributed by atoms with Crippen molar-refractivity contribution in [2.45, 2.75) is 0 Å². The molecule has 0 aliphatic carbocycles. The van der Waals surface area contributed by atoms with E-state index in [1.54, 1.807) is 49.7 Å². The minimum Gasteiger partial charge on any atom is -0.497 e. The molecule has 2 heterocycles. The maximum absolute atomic E-state index is 12.7. The van der Waals surface area contributed by atoms with Gasteiger partial charge in [-0.05, 0) is 36.4 Å². The topological polar surface area (TPSA) is 111 Å². The van der Waals surface area contributed by atoms with Crippen molar-refractivity contribution in [3.8, 4) is 5.75 Å². The van der Waals surface area contributed by atoms with Crippen LogP contribution in [0, 0.1) is 0 Å². The Kier molecular flexibility index (Phi) is 3.17. The minimum absolute atomic E-state index is 0.242. The van der Waals surface area contributed by atoms with Crippen LogP contribution in [0.15, 0.2) is 41.5 Å². The number of nitrogens with two attached hydrogens (primary N) is 1. The highest BCUT2D eigenvalue weighted by atomic mass is 16.5. The van der Waals surface area contributed by atoms with Crippen LogP contribution in [0.25, 0.3) is 10.9 Å². The van der Waals surface area contributed by atoms with Gasteiger partial charge in [-0.1, -0.05) is 0 Å². The Labute approximate surface area is 136 Å². The van der Waals surface area contributed by atoms with E-state index in [0.29, 0.717) is 22.3 Å². The molecule has 119 valence electrons. The molecule has 0 atom stereocenters. The van der Waals surface area contributed by atoms with Gasteiger partial charge in [0.15, 0.2) is 5.69 Å². The van der Waals surface area contributed by atoms with Gasteiger partial charge in [0.2, 0.25) is 0 Å². The van der Waals surface area contributed by atoms with Crippen LogP contribution in [0.1, 0.15) is 16.1 Å². The third kappa shape index (κ3) is 2.09. The molecule has 0 fully saturated rings. The number of fused-ring (bicyclic) bond motifs is 3. The molecule has 3 N–H and O–H groups in total. The molecule has 8 heteroatoms. The van der Waals surface area contributed by atoms with Gasteiger partial charge in [-0.25, -0.2) is 10.9 Å². The van der Waals surface area contributed by atoms with E-state index in [4.69, 9.17) is 10.6 Å². The number of aromatic amines is 1. The molecule has 0 saturated carbocycles. The van der Waals surface area contributed by atoms with E-state index >= 15 is 0 Å². The fourth-order valence-corrected chi connectivity index (χ4v) is 2.60. The Morgan fingerprint density at radius 2 is 2.00 bits per heavy atom. The number of H-pyrrole nitrogens is 1. The summed E-state index contributed by atoms with van der Waals surface area (Å²) in [6.07, 6.45) is 1.63. The number of benzene rings is 2. The van der Waals surface area contributed by atoms with Crippen molar-refractivity contribution in [2.75, 3.05) is 12.1 Å². The highest BCUT2D eigenvalue weighted by Crippen LogP contribution is 2.29. The molecule has 1 aliphatic heterocycles. The van der Waals surface area contributed by atoms with Crippen LogP contribution in [-0.2, 0) is 0 Å². The summed E-state index contributed by atoms with van der Waals surface area (Å²) in [6, 6.07) is 10.5. The van der Waals surface area contributed by atoms with Crippen molar-refractivity contribution >= 4 is 34.4 Å². The summed E-state index contributed by atoms with van der Waals surface area (Å²) in [6.45, 7) is 0. The number of carbonyl (C=O) groups excluding carboxylic acids is 1. The summed E-state index contributed by atoms with van der Waals surface area (Å²) < 4.78 is 5.10. The van der Waals surface area contributed by atoms with Crippen LogP contribution in [0.4, 0.5) is 11.4 Å². The highest BCUT2D eigenvalue weighted by molar-refractivity contribution is 6.15. The number of anilines is 1. The maximum Gasteiger partial charge on any atom is 0.293 e.